The van der Waals surface area contributed by atoms with Crippen LogP contribution in [0.1, 0.15) is 53.4 Å². The molecule has 0 amide bonds. The highest BCUT2D eigenvalue weighted by Crippen LogP contribution is 2.29. The van der Waals surface area contributed by atoms with Gasteiger partial charge in [0, 0.05) is 12.8 Å². The van der Waals surface area contributed by atoms with Crippen LogP contribution in [0.2, 0.25) is 0 Å². The van der Waals surface area contributed by atoms with Gasteiger partial charge in [-0.2, -0.15) is 0 Å². The van der Waals surface area contributed by atoms with Gasteiger partial charge in [-0.15, -0.1) is 0 Å². The van der Waals surface area contributed by atoms with E-state index in [9.17, 15) is 8.78 Å². The SMILES string of the molecule is CC(C)CCC(F)(F)CCC(C)C. The monoisotopic (exact) mass is 192 g/mol. The summed E-state index contributed by atoms with van der Waals surface area (Å²) in [5.41, 5.74) is 0. The first kappa shape index (κ1) is 12.9. The van der Waals surface area contributed by atoms with Crippen LogP contribution in [0, 0.1) is 11.8 Å². The van der Waals surface area contributed by atoms with Crippen LogP contribution in [0.15, 0.2) is 0 Å². The third-order valence-corrected chi connectivity index (χ3v) is 2.17. The van der Waals surface area contributed by atoms with Crippen molar-refractivity contribution in [2.24, 2.45) is 11.8 Å². The fourth-order valence-corrected chi connectivity index (χ4v) is 1.12. The maximum Gasteiger partial charge on any atom is 0.248 e. The van der Waals surface area contributed by atoms with Gasteiger partial charge in [-0.25, -0.2) is 8.78 Å². The van der Waals surface area contributed by atoms with E-state index in [1.807, 2.05) is 27.7 Å². The molecule has 0 heterocycles. The van der Waals surface area contributed by atoms with Gasteiger partial charge in [0.05, 0.1) is 0 Å². The molecule has 0 aromatic carbocycles. The lowest BCUT2D eigenvalue weighted by atomic mass is 9.98. The second kappa shape index (κ2) is 5.56. The molecule has 0 saturated carbocycles. The predicted octanol–water partition coefficient (Wildman–Crippen LogP) is 4.49. The third kappa shape index (κ3) is 8.20. The maximum atomic E-state index is 13.1. The van der Waals surface area contributed by atoms with Gasteiger partial charge in [0.1, 0.15) is 0 Å². The highest BCUT2D eigenvalue weighted by molar-refractivity contribution is 4.68. The molecular weight excluding hydrogens is 170 g/mol. The van der Waals surface area contributed by atoms with Crippen LogP contribution in [0.4, 0.5) is 8.78 Å². The van der Waals surface area contributed by atoms with E-state index in [2.05, 4.69) is 0 Å². The summed E-state index contributed by atoms with van der Waals surface area (Å²) in [7, 11) is 0. The molecule has 0 saturated heterocycles. The lowest BCUT2D eigenvalue weighted by molar-refractivity contribution is -0.0250. The summed E-state index contributed by atoms with van der Waals surface area (Å²) < 4.78 is 26.3. The number of hydrogen-bond donors (Lipinski definition) is 0. The summed E-state index contributed by atoms with van der Waals surface area (Å²) in [5.74, 6) is -1.68. The Morgan fingerprint density at radius 1 is 0.846 bits per heavy atom. The molecular formula is C11H22F2. The molecule has 0 aliphatic rings. The summed E-state index contributed by atoms with van der Waals surface area (Å²) in [4.78, 5) is 0. The molecule has 0 aromatic rings. The molecule has 0 aromatic heterocycles. The lowest BCUT2D eigenvalue weighted by Gasteiger charge is -2.18. The normalized spacial score (nSPS) is 12.9. The fraction of sp³-hybridized carbons (Fsp3) is 1.00. The highest BCUT2D eigenvalue weighted by Gasteiger charge is 2.28. The third-order valence-electron chi connectivity index (χ3n) is 2.17. The lowest BCUT2D eigenvalue weighted by Crippen LogP contribution is -2.17. The minimum absolute atomic E-state index is 0.0530. The highest BCUT2D eigenvalue weighted by atomic mass is 19.3. The van der Waals surface area contributed by atoms with Gasteiger partial charge in [0.2, 0.25) is 5.92 Å². The Bertz CT molecular complexity index is 114. The first-order chi connectivity index (χ1) is 5.83. The van der Waals surface area contributed by atoms with Crippen LogP contribution in [0.25, 0.3) is 0 Å². The van der Waals surface area contributed by atoms with E-state index in [1.165, 1.54) is 0 Å². The molecule has 0 atom stereocenters. The molecule has 13 heavy (non-hydrogen) atoms. The molecule has 80 valence electrons. The summed E-state index contributed by atoms with van der Waals surface area (Å²) >= 11 is 0. The van der Waals surface area contributed by atoms with E-state index in [1.54, 1.807) is 0 Å². The number of hydrogen-bond acceptors (Lipinski definition) is 0. The van der Waals surface area contributed by atoms with E-state index in [-0.39, 0.29) is 12.8 Å². The predicted molar refractivity (Wildman–Crippen MR) is 53.1 cm³/mol. The standard InChI is InChI=1S/C11H22F2/c1-9(2)5-7-11(12,13)8-6-10(3)4/h9-10H,5-8H2,1-4H3. The van der Waals surface area contributed by atoms with Crippen molar-refractivity contribution in [3.8, 4) is 0 Å². The maximum absolute atomic E-state index is 13.1. The Labute approximate surface area is 80.7 Å². The van der Waals surface area contributed by atoms with Crippen LogP contribution in [0.3, 0.4) is 0 Å². The molecule has 0 aliphatic heterocycles. The van der Waals surface area contributed by atoms with E-state index >= 15 is 0 Å². The van der Waals surface area contributed by atoms with Crippen LogP contribution < -0.4 is 0 Å². The molecule has 0 spiro atoms. The van der Waals surface area contributed by atoms with Crippen LogP contribution in [0.5, 0.6) is 0 Å². The van der Waals surface area contributed by atoms with Crippen LogP contribution in [-0.4, -0.2) is 5.92 Å². The van der Waals surface area contributed by atoms with Gasteiger partial charge in [0.25, 0.3) is 0 Å². The average molecular weight is 192 g/mol. The Morgan fingerprint density at radius 2 is 1.15 bits per heavy atom. The Morgan fingerprint density at radius 3 is 1.38 bits per heavy atom. The van der Waals surface area contributed by atoms with Gasteiger partial charge >= 0.3 is 0 Å². The first-order valence-electron chi connectivity index (χ1n) is 5.21. The van der Waals surface area contributed by atoms with Crippen molar-refractivity contribution in [3.05, 3.63) is 0 Å². The minimum Gasteiger partial charge on any atom is -0.207 e. The molecule has 0 rings (SSSR count). The van der Waals surface area contributed by atoms with Gasteiger partial charge < -0.3 is 0 Å². The van der Waals surface area contributed by atoms with E-state index < -0.39 is 5.92 Å². The zero-order valence-electron chi connectivity index (χ0n) is 9.24. The van der Waals surface area contributed by atoms with Gasteiger partial charge in [-0.3, -0.25) is 0 Å². The summed E-state index contributed by atoms with van der Waals surface area (Å²) in [6, 6.07) is 0. The molecule has 0 fully saturated rings. The van der Waals surface area contributed by atoms with Crippen molar-refractivity contribution in [3.63, 3.8) is 0 Å². The zero-order chi connectivity index (χ0) is 10.5. The minimum atomic E-state index is -2.44. The van der Waals surface area contributed by atoms with Crippen molar-refractivity contribution >= 4 is 0 Å². The number of alkyl halides is 2. The van der Waals surface area contributed by atoms with Crippen molar-refractivity contribution < 1.29 is 8.78 Å². The van der Waals surface area contributed by atoms with E-state index in [0.717, 1.165) is 0 Å². The number of halogens is 2. The molecule has 0 N–H and O–H groups in total. The van der Waals surface area contributed by atoms with Crippen molar-refractivity contribution in [1.82, 2.24) is 0 Å². The largest absolute Gasteiger partial charge is 0.248 e. The summed E-state index contributed by atoms with van der Waals surface area (Å²) in [6.45, 7) is 7.94. The van der Waals surface area contributed by atoms with Gasteiger partial charge in [-0.05, 0) is 24.7 Å². The fourth-order valence-electron chi connectivity index (χ4n) is 1.12. The quantitative estimate of drug-likeness (QED) is 0.581. The zero-order valence-corrected chi connectivity index (χ0v) is 9.24. The van der Waals surface area contributed by atoms with Crippen molar-refractivity contribution in [1.29, 1.82) is 0 Å². The van der Waals surface area contributed by atoms with Crippen molar-refractivity contribution in [2.75, 3.05) is 0 Å². The van der Waals surface area contributed by atoms with Gasteiger partial charge in [-0.1, -0.05) is 27.7 Å². The van der Waals surface area contributed by atoms with Crippen LogP contribution >= 0.6 is 0 Å². The first-order valence-corrected chi connectivity index (χ1v) is 5.21. The van der Waals surface area contributed by atoms with Crippen LogP contribution in [-0.2, 0) is 0 Å². The van der Waals surface area contributed by atoms with Crippen molar-refractivity contribution in [2.45, 2.75) is 59.3 Å². The average Bonchev–Trinajstić information content (AvgIpc) is 1.98. The van der Waals surface area contributed by atoms with E-state index in [0.29, 0.717) is 24.7 Å². The molecule has 0 nitrogen and oxygen atoms in total. The Kier molecular flexibility index (Phi) is 5.50. The topological polar surface area (TPSA) is 0 Å². The smallest absolute Gasteiger partial charge is 0.207 e. The number of rotatable bonds is 6. The molecule has 0 bridgehead atoms. The molecule has 0 radical (unpaired) electrons. The van der Waals surface area contributed by atoms with Gasteiger partial charge in [0.15, 0.2) is 0 Å². The Balaban J connectivity index is 3.66. The Hall–Kier alpha value is -0.140. The second-order valence-corrected chi connectivity index (χ2v) is 4.72. The van der Waals surface area contributed by atoms with E-state index in [4.69, 9.17) is 0 Å². The summed E-state index contributed by atoms with van der Waals surface area (Å²) in [6.07, 6.45) is 1.37. The second-order valence-electron chi connectivity index (χ2n) is 4.72. The summed E-state index contributed by atoms with van der Waals surface area (Å²) in [5, 5.41) is 0. The molecule has 0 aliphatic carbocycles. The molecule has 0 unspecified atom stereocenters. The molecule has 2 heteroatoms.